The summed E-state index contributed by atoms with van der Waals surface area (Å²) in [5.74, 6) is -0.490. The van der Waals surface area contributed by atoms with Crippen LogP contribution in [0.2, 0.25) is 5.02 Å². The number of nitrogens with one attached hydrogen (secondary N) is 2. The first-order valence-electron chi connectivity index (χ1n) is 10.9. The molecule has 0 fully saturated rings. The average Bonchev–Trinajstić information content (AvgIpc) is 2.78. The van der Waals surface area contributed by atoms with Crippen molar-refractivity contribution in [3.8, 4) is 0 Å². The van der Waals surface area contributed by atoms with Gasteiger partial charge in [-0.25, -0.2) is 9.59 Å². The molecular formula is C26H31ClN2O5. The molecule has 1 amide bonds. The Morgan fingerprint density at radius 1 is 1.06 bits per heavy atom. The third kappa shape index (κ3) is 8.01. The molecular weight excluding hydrogens is 456 g/mol. The van der Waals surface area contributed by atoms with Crippen LogP contribution in [0, 0.1) is 5.41 Å². The van der Waals surface area contributed by atoms with E-state index in [2.05, 4.69) is 5.32 Å². The first-order chi connectivity index (χ1) is 16.1. The second-order valence-corrected chi connectivity index (χ2v) is 8.83. The molecule has 0 aliphatic carbocycles. The zero-order chi connectivity index (χ0) is 25.2. The van der Waals surface area contributed by atoms with E-state index in [1.165, 1.54) is 12.2 Å². The van der Waals surface area contributed by atoms with Gasteiger partial charge in [0, 0.05) is 11.1 Å². The van der Waals surface area contributed by atoms with E-state index in [1.54, 1.807) is 52.0 Å². The van der Waals surface area contributed by atoms with Crippen LogP contribution in [-0.4, -0.2) is 43.1 Å². The minimum atomic E-state index is -1.38. The van der Waals surface area contributed by atoms with Gasteiger partial charge in [0.1, 0.15) is 5.60 Å². The largest absolute Gasteiger partial charge is 0.463 e. The minimum absolute atomic E-state index is 0.0142. The van der Waals surface area contributed by atoms with Crippen molar-refractivity contribution in [1.82, 2.24) is 5.32 Å². The maximum atomic E-state index is 12.5. The van der Waals surface area contributed by atoms with E-state index in [0.717, 1.165) is 0 Å². The number of amides is 1. The molecule has 2 N–H and O–H groups in total. The van der Waals surface area contributed by atoms with Gasteiger partial charge in [0.05, 0.1) is 25.5 Å². The molecule has 0 saturated heterocycles. The maximum absolute atomic E-state index is 12.5. The number of carbonyl (C=O) groups is 2. The van der Waals surface area contributed by atoms with Crippen molar-refractivity contribution in [2.75, 3.05) is 19.8 Å². The zero-order valence-electron chi connectivity index (χ0n) is 19.9. The summed E-state index contributed by atoms with van der Waals surface area (Å²) >= 11 is 6.04. The molecule has 0 heterocycles. The molecule has 182 valence electrons. The van der Waals surface area contributed by atoms with Crippen LogP contribution in [0.4, 0.5) is 4.79 Å². The van der Waals surface area contributed by atoms with Crippen molar-refractivity contribution in [3.05, 3.63) is 82.9 Å². The van der Waals surface area contributed by atoms with Gasteiger partial charge in [-0.15, -0.1) is 0 Å². The Balaban J connectivity index is 2.44. The highest BCUT2D eigenvalue weighted by Crippen LogP contribution is 2.31. The van der Waals surface area contributed by atoms with Crippen LogP contribution in [-0.2, 0) is 24.6 Å². The van der Waals surface area contributed by atoms with Gasteiger partial charge in [0.25, 0.3) is 0 Å². The number of ether oxygens (including phenoxy) is 3. The lowest BCUT2D eigenvalue weighted by molar-refractivity contribution is -0.137. The van der Waals surface area contributed by atoms with Crippen molar-refractivity contribution in [1.29, 1.82) is 5.41 Å². The van der Waals surface area contributed by atoms with E-state index >= 15 is 0 Å². The van der Waals surface area contributed by atoms with Gasteiger partial charge < -0.3 is 24.9 Å². The van der Waals surface area contributed by atoms with Crippen molar-refractivity contribution in [3.63, 3.8) is 0 Å². The van der Waals surface area contributed by atoms with Crippen LogP contribution in [0.15, 0.2) is 66.7 Å². The first kappa shape index (κ1) is 27.1. The van der Waals surface area contributed by atoms with Crippen molar-refractivity contribution in [2.45, 2.75) is 38.9 Å². The zero-order valence-corrected chi connectivity index (χ0v) is 20.6. The van der Waals surface area contributed by atoms with Crippen LogP contribution >= 0.6 is 11.6 Å². The summed E-state index contributed by atoms with van der Waals surface area (Å²) in [4.78, 5) is 24.2. The summed E-state index contributed by atoms with van der Waals surface area (Å²) in [6.45, 7) is 7.19. The highest BCUT2D eigenvalue weighted by Gasteiger charge is 2.39. The smallest absolute Gasteiger partial charge is 0.407 e. The molecule has 0 aromatic heterocycles. The molecule has 2 aromatic rings. The van der Waals surface area contributed by atoms with E-state index in [0.29, 0.717) is 16.1 Å². The molecule has 0 spiro atoms. The molecule has 2 aromatic carbocycles. The van der Waals surface area contributed by atoms with Crippen molar-refractivity contribution >= 4 is 29.4 Å². The summed E-state index contributed by atoms with van der Waals surface area (Å²) in [7, 11) is 0. The SMILES string of the molecule is CCOC(=O)C=CCOC(CNC(=O)OC(C)(C)C)(C(=N)c1ccc(Cl)cc1)c1ccccc1. The molecule has 1 unspecified atom stereocenters. The normalized spacial score (nSPS) is 13.2. The van der Waals surface area contributed by atoms with E-state index in [1.807, 2.05) is 30.3 Å². The molecule has 0 radical (unpaired) electrons. The van der Waals surface area contributed by atoms with Crippen molar-refractivity contribution in [2.24, 2.45) is 0 Å². The highest BCUT2D eigenvalue weighted by molar-refractivity contribution is 6.30. The van der Waals surface area contributed by atoms with Crippen LogP contribution in [0.25, 0.3) is 0 Å². The van der Waals surface area contributed by atoms with Gasteiger partial charge in [-0.3, -0.25) is 0 Å². The number of esters is 1. The van der Waals surface area contributed by atoms with Gasteiger partial charge in [-0.05, 0) is 51.0 Å². The third-order valence-corrected chi connectivity index (χ3v) is 4.88. The van der Waals surface area contributed by atoms with Gasteiger partial charge >= 0.3 is 12.1 Å². The predicted molar refractivity (Wildman–Crippen MR) is 132 cm³/mol. The molecule has 7 nitrogen and oxygen atoms in total. The van der Waals surface area contributed by atoms with Gasteiger partial charge in [-0.1, -0.05) is 60.1 Å². The predicted octanol–water partition coefficient (Wildman–Crippen LogP) is 5.26. The molecule has 0 aliphatic rings. The topological polar surface area (TPSA) is 97.7 Å². The number of rotatable bonds is 10. The fraction of sp³-hybridized carbons (Fsp3) is 0.346. The fourth-order valence-corrected chi connectivity index (χ4v) is 3.26. The van der Waals surface area contributed by atoms with Crippen LogP contribution in [0.5, 0.6) is 0 Å². The fourth-order valence-electron chi connectivity index (χ4n) is 3.13. The lowest BCUT2D eigenvalue weighted by Crippen LogP contribution is -2.49. The Kier molecular flexibility index (Phi) is 9.83. The molecule has 2 rings (SSSR count). The summed E-state index contributed by atoms with van der Waals surface area (Å²) < 4.78 is 16.5. The average molecular weight is 487 g/mol. The van der Waals surface area contributed by atoms with Gasteiger partial charge in [0.15, 0.2) is 5.60 Å². The molecule has 0 bridgehead atoms. The maximum Gasteiger partial charge on any atom is 0.407 e. The number of halogens is 1. The number of benzene rings is 2. The first-order valence-corrected chi connectivity index (χ1v) is 11.3. The number of hydrogen-bond donors (Lipinski definition) is 2. The molecule has 34 heavy (non-hydrogen) atoms. The summed E-state index contributed by atoms with van der Waals surface area (Å²) in [6, 6.07) is 15.9. The Bertz CT molecular complexity index is 1000. The van der Waals surface area contributed by atoms with Crippen molar-refractivity contribution < 1.29 is 23.8 Å². The number of hydrogen-bond acceptors (Lipinski definition) is 6. The van der Waals surface area contributed by atoms with E-state index in [-0.39, 0.29) is 25.5 Å². The molecule has 0 saturated carbocycles. The highest BCUT2D eigenvalue weighted by atomic mass is 35.5. The Hall–Kier alpha value is -3.16. The Morgan fingerprint density at radius 3 is 2.29 bits per heavy atom. The second-order valence-electron chi connectivity index (χ2n) is 8.40. The van der Waals surface area contributed by atoms with Gasteiger partial charge in [-0.2, -0.15) is 0 Å². The Labute approximate surface area is 205 Å². The second kappa shape index (κ2) is 12.3. The van der Waals surface area contributed by atoms with Gasteiger partial charge in [0.2, 0.25) is 0 Å². The van der Waals surface area contributed by atoms with Crippen LogP contribution in [0.1, 0.15) is 38.8 Å². The lowest BCUT2D eigenvalue weighted by Gasteiger charge is -2.35. The number of alkyl carbamates (subject to hydrolysis) is 1. The third-order valence-electron chi connectivity index (χ3n) is 4.62. The van der Waals surface area contributed by atoms with E-state index in [4.69, 9.17) is 31.2 Å². The molecule has 1 atom stereocenters. The monoisotopic (exact) mass is 486 g/mol. The minimum Gasteiger partial charge on any atom is -0.463 e. The molecule has 8 heteroatoms. The standard InChI is InChI=1S/C26H31ClN2O5/c1-5-32-22(30)12-9-17-33-26(20-10-7-6-8-11-20,18-29-24(31)34-25(2,3)4)23(28)19-13-15-21(27)16-14-19/h6-16,28H,5,17-18H2,1-4H3,(H,29,31). The number of carbonyl (C=O) groups excluding carboxylic acids is 2. The summed E-state index contributed by atoms with van der Waals surface area (Å²) in [6.07, 6.45) is 2.15. The van der Waals surface area contributed by atoms with E-state index < -0.39 is 23.3 Å². The van der Waals surface area contributed by atoms with Crippen LogP contribution < -0.4 is 5.32 Å². The summed E-state index contributed by atoms with van der Waals surface area (Å²) in [5, 5.41) is 12.4. The van der Waals surface area contributed by atoms with Crippen LogP contribution in [0.3, 0.4) is 0 Å². The lowest BCUT2D eigenvalue weighted by atomic mass is 9.84. The molecule has 0 aliphatic heterocycles. The quantitative estimate of drug-likeness (QED) is 0.271. The summed E-state index contributed by atoms with van der Waals surface area (Å²) in [5.41, 5.74) is -0.752. The Morgan fingerprint density at radius 2 is 1.71 bits per heavy atom. The van der Waals surface area contributed by atoms with E-state index in [9.17, 15) is 9.59 Å².